The van der Waals surface area contributed by atoms with Crippen LogP contribution in [0.4, 0.5) is 5.69 Å². The summed E-state index contributed by atoms with van der Waals surface area (Å²) in [4.78, 5) is 5.37. The van der Waals surface area contributed by atoms with Crippen LogP contribution in [0.3, 0.4) is 0 Å². The van der Waals surface area contributed by atoms with Crippen LogP contribution >= 0.6 is 0 Å². The van der Waals surface area contributed by atoms with E-state index in [1.54, 1.807) is 10.7 Å². The lowest BCUT2D eigenvalue weighted by Gasteiger charge is -2.34. The summed E-state index contributed by atoms with van der Waals surface area (Å²) in [7, 11) is 2.14. The molecule has 7 nitrogen and oxygen atoms in total. The molecule has 0 bridgehead atoms. The fraction of sp³-hybridized carbons (Fsp3) is 0.250. The van der Waals surface area contributed by atoms with E-state index in [0.717, 1.165) is 48.5 Å². The molecular weight excluding hydrogens is 340 g/mol. The normalized spacial score (nSPS) is 15.7. The highest BCUT2D eigenvalue weighted by molar-refractivity contribution is 5.83. The van der Waals surface area contributed by atoms with Gasteiger partial charge in [0.15, 0.2) is 0 Å². The first-order chi connectivity index (χ1) is 13.2. The standard InChI is InChI=1S/C20H20N6O/c1-23-9-11-24(12-10-23)16-7-8-18-19(13-16)25-20(22-26(18)27)17(14-21-25)15-5-3-2-4-6-15/h2-8,13-14H,9-12H2,1H3. The van der Waals surface area contributed by atoms with E-state index < -0.39 is 0 Å². The first-order valence-electron chi connectivity index (χ1n) is 9.11. The summed E-state index contributed by atoms with van der Waals surface area (Å²) in [6.07, 6.45) is 1.78. The van der Waals surface area contributed by atoms with Gasteiger partial charge in [0.25, 0.3) is 5.52 Å². The summed E-state index contributed by atoms with van der Waals surface area (Å²) in [5.41, 5.74) is 4.82. The van der Waals surface area contributed by atoms with Crippen molar-refractivity contribution in [1.82, 2.24) is 19.6 Å². The van der Waals surface area contributed by atoms with Gasteiger partial charge >= 0.3 is 0 Å². The average molecular weight is 360 g/mol. The van der Waals surface area contributed by atoms with Crippen LogP contribution in [0.1, 0.15) is 0 Å². The molecule has 136 valence electrons. The Morgan fingerprint density at radius 2 is 1.78 bits per heavy atom. The first-order valence-corrected chi connectivity index (χ1v) is 9.11. The zero-order valence-electron chi connectivity index (χ0n) is 15.1. The highest BCUT2D eigenvalue weighted by atomic mass is 16.5. The number of hydrogen-bond donors (Lipinski definition) is 0. The summed E-state index contributed by atoms with van der Waals surface area (Å²) >= 11 is 0. The number of piperazine rings is 1. The maximum atomic E-state index is 12.5. The molecule has 0 amide bonds. The van der Waals surface area contributed by atoms with Crippen molar-refractivity contribution < 1.29 is 4.85 Å². The van der Waals surface area contributed by atoms with Gasteiger partial charge in [0, 0.05) is 43.0 Å². The molecule has 0 spiro atoms. The van der Waals surface area contributed by atoms with Crippen molar-refractivity contribution in [2.75, 3.05) is 38.1 Å². The molecule has 0 aliphatic carbocycles. The van der Waals surface area contributed by atoms with Gasteiger partial charge in [-0.25, -0.2) is 4.52 Å². The zero-order chi connectivity index (χ0) is 18.4. The highest BCUT2D eigenvalue weighted by Crippen LogP contribution is 2.26. The Labute approximate surface area is 156 Å². The molecule has 0 radical (unpaired) electrons. The van der Waals surface area contributed by atoms with E-state index in [1.165, 1.54) is 0 Å². The molecule has 3 heterocycles. The van der Waals surface area contributed by atoms with Gasteiger partial charge in [-0.1, -0.05) is 30.3 Å². The lowest BCUT2D eigenvalue weighted by Crippen LogP contribution is -2.44. The van der Waals surface area contributed by atoms with E-state index in [-0.39, 0.29) is 0 Å². The second-order valence-electron chi connectivity index (χ2n) is 7.00. The number of rotatable bonds is 2. The molecular formula is C20H20N6O. The number of anilines is 1. The second-order valence-corrected chi connectivity index (χ2v) is 7.00. The third kappa shape index (κ3) is 2.67. The Morgan fingerprint density at radius 1 is 1.00 bits per heavy atom. The van der Waals surface area contributed by atoms with Crippen molar-refractivity contribution in [3.8, 4) is 11.1 Å². The van der Waals surface area contributed by atoms with Gasteiger partial charge in [0.1, 0.15) is 5.52 Å². The molecule has 0 atom stereocenters. The average Bonchev–Trinajstić information content (AvgIpc) is 3.13. The maximum Gasteiger partial charge on any atom is 0.270 e. The zero-order valence-corrected chi connectivity index (χ0v) is 15.1. The molecule has 5 rings (SSSR count). The van der Waals surface area contributed by atoms with Crippen LogP contribution in [0.15, 0.2) is 54.7 Å². The molecule has 1 saturated heterocycles. The fourth-order valence-electron chi connectivity index (χ4n) is 3.68. The molecule has 0 saturated carbocycles. The van der Waals surface area contributed by atoms with Crippen molar-refractivity contribution in [3.05, 3.63) is 59.9 Å². The minimum Gasteiger partial charge on any atom is -0.594 e. The van der Waals surface area contributed by atoms with E-state index in [0.29, 0.717) is 16.0 Å². The van der Waals surface area contributed by atoms with E-state index >= 15 is 0 Å². The van der Waals surface area contributed by atoms with Crippen LogP contribution in [0.5, 0.6) is 0 Å². The Morgan fingerprint density at radius 3 is 2.56 bits per heavy atom. The Kier molecular flexibility index (Phi) is 3.68. The molecule has 1 aliphatic heterocycles. The minimum absolute atomic E-state index is 0.517. The second kappa shape index (κ2) is 6.21. The van der Waals surface area contributed by atoms with Gasteiger partial charge in [-0.15, -0.1) is 0 Å². The van der Waals surface area contributed by atoms with Gasteiger partial charge in [-0.3, -0.25) is 0 Å². The third-order valence-electron chi connectivity index (χ3n) is 5.28. The van der Waals surface area contributed by atoms with Crippen molar-refractivity contribution in [1.29, 1.82) is 0 Å². The van der Waals surface area contributed by atoms with Gasteiger partial charge in [0.05, 0.1) is 11.8 Å². The van der Waals surface area contributed by atoms with Gasteiger partial charge in [-0.2, -0.15) is 5.10 Å². The van der Waals surface area contributed by atoms with Crippen molar-refractivity contribution in [2.45, 2.75) is 0 Å². The monoisotopic (exact) mass is 360 g/mol. The molecule has 0 unspecified atom stereocenters. The number of aromatic nitrogens is 4. The summed E-state index contributed by atoms with van der Waals surface area (Å²) in [6.45, 7) is 4.01. The maximum absolute atomic E-state index is 12.5. The topological polar surface area (TPSA) is 63.6 Å². The summed E-state index contributed by atoms with van der Waals surface area (Å²) in [6, 6.07) is 15.8. The smallest absolute Gasteiger partial charge is 0.270 e. The van der Waals surface area contributed by atoms with E-state index in [1.807, 2.05) is 48.5 Å². The number of likely N-dealkylation sites (N-methyl/N-ethyl adjacent to an activating group) is 1. The van der Waals surface area contributed by atoms with Crippen LogP contribution in [-0.2, 0) is 0 Å². The Hall–Kier alpha value is -3.19. The van der Waals surface area contributed by atoms with Gasteiger partial charge in [-0.05, 0) is 29.6 Å². The molecule has 1 aliphatic rings. The Balaban J connectivity index is 1.67. The Bertz CT molecular complexity index is 1120. The van der Waals surface area contributed by atoms with Crippen molar-refractivity contribution in [2.24, 2.45) is 0 Å². The van der Waals surface area contributed by atoms with Crippen LogP contribution in [0, 0.1) is 5.21 Å². The van der Waals surface area contributed by atoms with E-state index in [2.05, 4.69) is 27.0 Å². The van der Waals surface area contributed by atoms with Crippen molar-refractivity contribution >= 4 is 22.4 Å². The van der Waals surface area contributed by atoms with Gasteiger partial charge < -0.3 is 15.0 Å². The number of fused-ring (bicyclic) bond motifs is 3. The summed E-state index contributed by atoms with van der Waals surface area (Å²) in [5.74, 6) is 0. The van der Waals surface area contributed by atoms with Crippen molar-refractivity contribution in [3.63, 3.8) is 0 Å². The highest BCUT2D eigenvalue weighted by Gasteiger charge is 2.20. The van der Waals surface area contributed by atoms with Crippen LogP contribution in [0.2, 0.25) is 0 Å². The molecule has 4 aromatic rings. The van der Waals surface area contributed by atoms with Crippen LogP contribution in [-0.4, -0.2) is 52.8 Å². The van der Waals surface area contributed by atoms with Gasteiger partial charge in [0.2, 0.25) is 5.65 Å². The largest absolute Gasteiger partial charge is 0.594 e. The molecule has 2 aromatic carbocycles. The van der Waals surface area contributed by atoms with E-state index in [9.17, 15) is 5.21 Å². The quantitative estimate of drug-likeness (QED) is 0.404. The summed E-state index contributed by atoms with van der Waals surface area (Å²) < 4.78 is 1.77. The summed E-state index contributed by atoms with van der Waals surface area (Å²) in [5, 5.41) is 21.3. The third-order valence-corrected chi connectivity index (χ3v) is 5.28. The predicted octanol–water partition coefficient (Wildman–Crippen LogP) is 1.93. The molecule has 2 aromatic heterocycles. The lowest BCUT2D eigenvalue weighted by molar-refractivity contribution is -0.640. The SMILES string of the molecule is CN1CCN(c2ccc3c(c2)n2ncc(-c4ccccc4)c2n[n+]3[O-])CC1. The molecule has 7 heteroatoms. The number of nitrogens with zero attached hydrogens (tertiary/aromatic N) is 6. The number of hydrogen-bond acceptors (Lipinski definition) is 5. The van der Waals surface area contributed by atoms with Crippen LogP contribution in [0.25, 0.3) is 27.8 Å². The van der Waals surface area contributed by atoms with E-state index in [4.69, 9.17) is 0 Å². The van der Waals surface area contributed by atoms with Crippen LogP contribution < -0.4 is 9.75 Å². The minimum atomic E-state index is 0.517. The number of benzene rings is 2. The first kappa shape index (κ1) is 16.0. The molecule has 0 N–H and O–H groups in total. The lowest BCUT2D eigenvalue weighted by atomic mass is 10.1. The predicted molar refractivity (Wildman–Crippen MR) is 105 cm³/mol. The molecule has 1 fully saturated rings. The molecule has 27 heavy (non-hydrogen) atoms. The fourth-order valence-corrected chi connectivity index (χ4v) is 3.68.